The van der Waals surface area contributed by atoms with Crippen LogP contribution in [0.4, 0.5) is 5.82 Å². The minimum atomic E-state index is -0.0243. The first-order valence-electron chi connectivity index (χ1n) is 10.3. The zero-order chi connectivity index (χ0) is 20.9. The van der Waals surface area contributed by atoms with Crippen LogP contribution in [0, 0.1) is 6.92 Å². The number of nitrogens with zero attached hydrogens (tertiary/aromatic N) is 4. The largest absolute Gasteiger partial charge is 0.440 e. The molecular formula is C22H27N5O2S. The first-order chi connectivity index (χ1) is 14.6. The molecule has 0 bridgehead atoms. The summed E-state index contributed by atoms with van der Waals surface area (Å²) >= 11 is 1.58. The molecule has 4 heterocycles. The third kappa shape index (κ3) is 5.06. The van der Waals surface area contributed by atoms with Crippen molar-refractivity contribution >= 4 is 23.1 Å². The van der Waals surface area contributed by atoms with Crippen molar-refractivity contribution in [3.63, 3.8) is 0 Å². The average Bonchev–Trinajstić information content (AvgIpc) is 3.39. The van der Waals surface area contributed by atoms with Crippen LogP contribution in [0.1, 0.15) is 18.4 Å². The van der Waals surface area contributed by atoms with Gasteiger partial charge in [0.25, 0.3) is 0 Å². The predicted molar refractivity (Wildman–Crippen MR) is 119 cm³/mol. The zero-order valence-corrected chi connectivity index (χ0v) is 18.2. The van der Waals surface area contributed by atoms with Crippen LogP contribution < -0.4 is 10.2 Å². The summed E-state index contributed by atoms with van der Waals surface area (Å²) in [6, 6.07) is 10.0. The topological polar surface area (TPSA) is 74.5 Å². The molecule has 7 nitrogen and oxygen atoms in total. The molecule has 1 amide bonds. The van der Waals surface area contributed by atoms with Crippen LogP contribution >= 0.6 is 11.3 Å². The third-order valence-electron chi connectivity index (χ3n) is 5.24. The zero-order valence-electron chi connectivity index (χ0n) is 17.4. The smallest absolute Gasteiger partial charge is 0.236 e. The number of carbonyl (C=O) groups excluding carboxylic acids is 1. The van der Waals surface area contributed by atoms with Crippen LogP contribution in [-0.4, -0.2) is 59.5 Å². The van der Waals surface area contributed by atoms with Gasteiger partial charge in [-0.15, -0.1) is 11.3 Å². The molecule has 158 valence electrons. The number of carbonyl (C=O) groups is 1. The van der Waals surface area contributed by atoms with Gasteiger partial charge in [0.05, 0.1) is 17.0 Å². The number of rotatable bonds is 7. The van der Waals surface area contributed by atoms with E-state index >= 15 is 0 Å². The Hall–Kier alpha value is -2.71. The van der Waals surface area contributed by atoms with E-state index in [1.807, 2.05) is 48.8 Å². The quantitative estimate of drug-likeness (QED) is 0.627. The maximum atomic E-state index is 12.5. The fourth-order valence-electron chi connectivity index (χ4n) is 3.71. The highest BCUT2D eigenvalue weighted by molar-refractivity contribution is 7.13. The molecule has 3 aromatic rings. The fraction of sp³-hybridized carbons (Fsp3) is 0.409. The molecule has 0 saturated carbocycles. The standard InChI is InChI=1S/C22H27N5O2S/c1-16(15-26-9-11-27(12-10-26)20-7-3-4-8-23-20)24-21(28)14-18-17(2)29-22(25-18)19-6-5-13-30-19/h3-8,13,16H,9-12,14-15H2,1-2H3,(H,24,28). The molecule has 1 saturated heterocycles. The Kier molecular flexibility index (Phi) is 6.44. The van der Waals surface area contributed by atoms with Crippen LogP contribution in [0.5, 0.6) is 0 Å². The second-order valence-corrected chi connectivity index (χ2v) is 8.57. The van der Waals surface area contributed by atoms with Gasteiger partial charge < -0.3 is 14.6 Å². The summed E-state index contributed by atoms with van der Waals surface area (Å²) in [5.41, 5.74) is 0.701. The number of oxazole rings is 1. The molecular weight excluding hydrogens is 398 g/mol. The van der Waals surface area contributed by atoms with Crippen molar-refractivity contribution in [2.24, 2.45) is 0 Å². The number of hydrogen-bond acceptors (Lipinski definition) is 7. The maximum Gasteiger partial charge on any atom is 0.236 e. The highest BCUT2D eigenvalue weighted by Crippen LogP contribution is 2.26. The van der Waals surface area contributed by atoms with Gasteiger partial charge >= 0.3 is 0 Å². The van der Waals surface area contributed by atoms with Crippen LogP contribution in [0.2, 0.25) is 0 Å². The summed E-state index contributed by atoms with van der Waals surface area (Å²) in [5.74, 6) is 2.29. The van der Waals surface area contributed by atoms with Gasteiger partial charge in [0.15, 0.2) is 0 Å². The normalized spacial score (nSPS) is 15.9. The SMILES string of the molecule is Cc1oc(-c2cccs2)nc1CC(=O)NC(C)CN1CCN(c2ccccn2)CC1. The van der Waals surface area contributed by atoms with Crippen molar-refractivity contribution in [1.82, 2.24) is 20.2 Å². The van der Waals surface area contributed by atoms with Crippen LogP contribution in [0.25, 0.3) is 10.8 Å². The lowest BCUT2D eigenvalue weighted by Gasteiger charge is -2.36. The minimum Gasteiger partial charge on any atom is -0.440 e. The van der Waals surface area contributed by atoms with Gasteiger partial charge in [-0.2, -0.15) is 0 Å². The first-order valence-corrected chi connectivity index (χ1v) is 11.1. The summed E-state index contributed by atoms with van der Waals surface area (Å²) in [5, 5.41) is 5.09. The lowest BCUT2D eigenvalue weighted by molar-refractivity contribution is -0.121. The minimum absolute atomic E-state index is 0.0243. The summed E-state index contributed by atoms with van der Waals surface area (Å²) in [6.07, 6.45) is 2.07. The van der Waals surface area contributed by atoms with E-state index in [1.165, 1.54) is 0 Å². The molecule has 1 unspecified atom stereocenters. The second kappa shape index (κ2) is 9.40. The lowest BCUT2D eigenvalue weighted by Crippen LogP contribution is -2.51. The number of nitrogens with one attached hydrogen (secondary N) is 1. The van der Waals surface area contributed by atoms with Crippen molar-refractivity contribution in [2.45, 2.75) is 26.3 Å². The molecule has 3 aromatic heterocycles. The van der Waals surface area contributed by atoms with E-state index in [0.29, 0.717) is 17.3 Å². The molecule has 4 rings (SSSR count). The van der Waals surface area contributed by atoms with Gasteiger partial charge in [0, 0.05) is 45.0 Å². The maximum absolute atomic E-state index is 12.5. The Balaban J connectivity index is 1.24. The lowest BCUT2D eigenvalue weighted by atomic mass is 10.2. The Morgan fingerprint density at radius 1 is 1.23 bits per heavy atom. The average molecular weight is 426 g/mol. The van der Waals surface area contributed by atoms with E-state index < -0.39 is 0 Å². The number of thiophene rings is 1. The molecule has 0 aromatic carbocycles. The summed E-state index contributed by atoms with van der Waals surface area (Å²) in [4.78, 5) is 27.1. The highest BCUT2D eigenvalue weighted by Gasteiger charge is 2.21. The molecule has 8 heteroatoms. The number of amides is 1. The molecule has 0 spiro atoms. The van der Waals surface area contributed by atoms with Crippen molar-refractivity contribution in [1.29, 1.82) is 0 Å². The molecule has 0 radical (unpaired) electrons. The molecule has 1 fully saturated rings. The number of pyridine rings is 1. The van der Waals surface area contributed by atoms with Gasteiger partial charge in [-0.3, -0.25) is 9.69 Å². The monoisotopic (exact) mass is 425 g/mol. The van der Waals surface area contributed by atoms with E-state index in [0.717, 1.165) is 43.4 Å². The van der Waals surface area contributed by atoms with Crippen molar-refractivity contribution < 1.29 is 9.21 Å². The van der Waals surface area contributed by atoms with Crippen molar-refractivity contribution in [2.75, 3.05) is 37.6 Å². The number of aryl methyl sites for hydroxylation is 1. The third-order valence-corrected chi connectivity index (χ3v) is 6.10. The fourth-order valence-corrected chi connectivity index (χ4v) is 4.36. The summed E-state index contributed by atoms with van der Waals surface area (Å²) in [7, 11) is 0. The van der Waals surface area contributed by atoms with E-state index in [1.54, 1.807) is 11.3 Å². The first kappa shape index (κ1) is 20.6. The van der Waals surface area contributed by atoms with Gasteiger partial charge in [0.2, 0.25) is 11.8 Å². The van der Waals surface area contributed by atoms with Crippen molar-refractivity contribution in [3.8, 4) is 10.8 Å². The number of anilines is 1. The molecule has 1 N–H and O–H groups in total. The van der Waals surface area contributed by atoms with Crippen molar-refractivity contribution in [3.05, 3.63) is 53.4 Å². The molecule has 1 aliphatic rings. The summed E-state index contributed by atoms with van der Waals surface area (Å²) in [6.45, 7) is 8.56. The highest BCUT2D eigenvalue weighted by atomic mass is 32.1. The molecule has 0 aliphatic carbocycles. The number of piperazine rings is 1. The van der Waals surface area contributed by atoms with Gasteiger partial charge in [-0.1, -0.05) is 12.1 Å². The molecule has 30 heavy (non-hydrogen) atoms. The Labute approximate surface area is 180 Å². The van der Waals surface area contributed by atoms with E-state index in [2.05, 4.69) is 32.0 Å². The van der Waals surface area contributed by atoms with E-state index in [4.69, 9.17) is 4.42 Å². The predicted octanol–water partition coefficient (Wildman–Crippen LogP) is 2.98. The molecule has 1 atom stereocenters. The van der Waals surface area contributed by atoms with Crippen LogP contribution in [0.3, 0.4) is 0 Å². The van der Waals surface area contributed by atoms with Gasteiger partial charge in [-0.25, -0.2) is 9.97 Å². The van der Waals surface area contributed by atoms with E-state index in [9.17, 15) is 4.79 Å². The van der Waals surface area contributed by atoms with Gasteiger partial charge in [0.1, 0.15) is 11.6 Å². The Bertz CT molecular complexity index is 949. The summed E-state index contributed by atoms with van der Waals surface area (Å²) < 4.78 is 5.73. The van der Waals surface area contributed by atoms with E-state index in [-0.39, 0.29) is 18.4 Å². The Morgan fingerprint density at radius 3 is 2.77 bits per heavy atom. The second-order valence-electron chi connectivity index (χ2n) is 7.62. The number of hydrogen-bond donors (Lipinski definition) is 1. The molecule has 1 aliphatic heterocycles. The van der Waals surface area contributed by atoms with Crippen LogP contribution in [-0.2, 0) is 11.2 Å². The Morgan fingerprint density at radius 2 is 2.07 bits per heavy atom. The van der Waals surface area contributed by atoms with Crippen LogP contribution in [0.15, 0.2) is 46.3 Å². The number of aromatic nitrogens is 2. The van der Waals surface area contributed by atoms with Gasteiger partial charge in [-0.05, 0) is 37.4 Å².